The van der Waals surface area contributed by atoms with Crippen LogP contribution in [0.5, 0.6) is 0 Å². The molecule has 0 aliphatic carbocycles. The van der Waals surface area contributed by atoms with Gasteiger partial charge in [0.25, 0.3) is 0 Å². The van der Waals surface area contributed by atoms with Crippen molar-refractivity contribution < 1.29 is 14.3 Å². The molecule has 0 bridgehead atoms. The van der Waals surface area contributed by atoms with E-state index in [9.17, 15) is 9.59 Å². The quantitative estimate of drug-likeness (QED) is 0.626. The average molecular weight is 263 g/mol. The number of hydrogen-bond donors (Lipinski definition) is 1. The Balaban J connectivity index is 3.12. The van der Waals surface area contributed by atoms with Crippen molar-refractivity contribution in [2.24, 2.45) is 0 Å². The summed E-state index contributed by atoms with van der Waals surface area (Å²) in [5.74, 6) is -1.64. The predicted molar refractivity (Wildman–Crippen MR) is 75.3 cm³/mol. The van der Waals surface area contributed by atoms with Crippen molar-refractivity contribution >= 4 is 17.6 Å². The van der Waals surface area contributed by atoms with Gasteiger partial charge in [0, 0.05) is 5.69 Å². The third-order valence-electron chi connectivity index (χ3n) is 3.01. The normalized spacial score (nSPS) is 11.1. The van der Waals surface area contributed by atoms with E-state index in [-0.39, 0.29) is 5.41 Å². The van der Waals surface area contributed by atoms with Crippen LogP contribution in [0.1, 0.15) is 37.5 Å². The smallest absolute Gasteiger partial charge is 0.396 e. The van der Waals surface area contributed by atoms with Crippen LogP contribution in [-0.2, 0) is 19.7 Å². The number of ether oxygens (including phenoxy) is 1. The largest absolute Gasteiger partial charge is 0.462 e. The van der Waals surface area contributed by atoms with E-state index < -0.39 is 11.9 Å². The molecule has 0 aromatic heterocycles. The predicted octanol–water partition coefficient (Wildman–Crippen LogP) is 2.71. The number of nitrogens with one attached hydrogen (secondary N) is 1. The molecule has 0 saturated carbocycles. The lowest BCUT2D eigenvalue weighted by atomic mass is 9.85. The zero-order valence-electron chi connectivity index (χ0n) is 12.4. The van der Waals surface area contributed by atoms with Gasteiger partial charge in [-0.3, -0.25) is 4.79 Å². The topological polar surface area (TPSA) is 55.4 Å². The molecule has 0 saturated heterocycles. The highest BCUT2D eigenvalue weighted by atomic mass is 16.5. The fraction of sp³-hybridized carbons (Fsp3) is 0.467. The molecule has 0 spiro atoms. The first-order valence-corrected chi connectivity index (χ1v) is 6.18. The highest BCUT2D eigenvalue weighted by molar-refractivity contribution is 6.37. The van der Waals surface area contributed by atoms with Crippen LogP contribution < -0.4 is 5.32 Å². The molecule has 4 nitrogen and oxygen atoms in total. The number of aryl methyl sites for hydroxylation is 2. The van der Waals surface area contributed by atoms with Crippen LogP contribution in [0.15, 0.2) is 12.1 Å². The highest BCUT2D eigenvalue weighted by Crippen LogP contribution is 2.29. The molecular weight excluding hydrogens is 242 g/mol. The lowest BCUT2D eigenvalue weighted by molar-refractivity contribution is -0.150. The summed E-state index contributed by atoms with van der Waals surface area (Å²) < 4.78 is 4.39. The average Bonchev–Trinajstić information content (AvgIpc) is 2.30. The Kier molecular flexibility index (Phi) is 4.35. The number of esters is 1. The van der Waals surface area contributed by atoms with Crippen molar-refractivity contribution in [3.05, 3.63) is 28.8 Å². The third-order valence-corrected chi connectivity index (χ3v) is 3.01. The van der Waals surface area contributed by atoms with Crippen LogP contribution in [0, 0.1) is 13.8 Å². The van der Waals surface area contributed by atoms with Crippen LogP contribution in [0.4, 0.5) is 5.69 Å². The SMILES string of the molecule is COC(=O)C(=O)Nc1c(C)cc(C(C)(C)C)cc1C. The number of rotatable bonds is 1. The number of carbonyl (C=O) groups excluding carboxylic acids is 2. The molecule has 0 fully saturated rings. The zero-order valence-corrected chi connectivity index (χ0v) is 12.4. The number of hydrogen-bond acceptors (Lipinski definition) is 3. The third kappa shape index (κ3) is 3.56. The van der Waals surface area contributed by atoms with Gasteiger partial charge in [-0.15, -0.1) is 0 Å². The van der Waals surface area contributed by atoms with E-state index in [0.29, 0.717) is 5.69 Å². The lowest BCUT2D eigenvalue weighted by Crippen LogP contribution is -2.25. The van der Waals surface area contributed by atoms with E-state index in [1.165, 1.54) is 12.7 Å². The van der Waals surface area contributed by atoms with Crippen molar-refractivity contribution in [2.45, 2.75) is 40.0 Å². The van der Waals surface area contributed by atoms with E-state index in [4.69, 9.17) is 0 Å². The maximum atomic E-state index is 11.5. The van der Waals surface area contributed by atoms with E-state index in [1.807, 2.05) is 26.0 Å². The number of anilines is 1. The van der Waals surface area contributed by atoms with Gasteiger partial charge in [0.2, 0.25) is 0 Å². The molecule has 0 radical (unpaired) electrons. The van der Waals surface area contributed by atoms with Gasteiger partial charge < -0.3 is 10.1 Å². The Hall–Kier alpha value is -1.84. The Morgan fingerprint density at radius 1 is 1.11 bits per heavy atom. The second kappa shape index (κ2) is 5.43. The minimum Gasteiger partial charge on any atom is -0.462 e. The van der Waals surface area contributed by atoms with E-state index in [2.05, 4.69) is 30.8 Å². The van der Waals surface area contributed by atoms with Crippen molar-refractivity contribution in [2.75, 3.05) is 12.4 Å². The van der Waals surface area contributed by atoms with Crippen LogP contribution in [0.3, 0.4) is 0 Å². The van der Waals surface area contributed by atoms with Gasteiger partial charge >= 0.3 is 11.9 Å². The van der Waals surface area contributed by atoms with Crippen molar-refractivity contribution in [1.29, 1.82) is 0 Å². The summed E-state index contributed by atoms with van der Waals surface area (Å²) in [5.41, 5.74) is 3.77. The van der Waals surface area contributed by atoms with E-state index in [0.717, 1.165) is 11.1 Å². The number of carbonyl (C=O) groups is 2. The lowest BCUT2D eigenvalue weighted by Gasteiger charge is -2.22. The summed E-state index contributed by atoms with van der Waals surface area (Å²) in [7, 11) is 1.18. The standard InChI is InChI=1S/C15H21NO3/c1-9-7-11(15(3,4)5)8-10(2)12(9)16-13(17)14(18)19-6/h7-8H,1-6H3,(H,16,17). The van der Waals surface area contributed by atoms with Gasteiger partial charge in [0.05, 0.1) is 7.11 Å². The van der Waals surface area contributed by atoms with Crippen molar-refractivity contribution in [3.63, 3.8) is 0 Å². The fourth-order valence-corrected chi connectivity index (χ4v) is 1.85. The molecule has 104 valence electrons. The molecule has 0 heterocycles. The summed E-state index contributed by atoms with van der Waals surface area (Å²) in [4.78, 5) is 22.7. The molecule has 0 aliphatic heterocycles. The number of amides is 1. The first-order valence-electron chi connectivity index (χ1n) is 6.18. The summed E-state index contributed by atoms with van der Waals surface area (Å²) in [6, 6.07) is 4.06. The fourth-order valence-electron chi connectivity index (χ4n) is 1.85. The number of benzene rings is 1. The molecule has 4 heteroatoms. The molecule has 19 heavy (non-hydrogen) atoms. The van der Waals surface area contributed by atoms with Crippen molar-refractivity contribution in [3.8, 4) is 0 Å². The van der Waals surface area contributed by atoms with Crippen LogP contribution >= 0.6 is 0 Å². The molecule has 1 amide bonds. The molecule has 1 aromatic rings. The first kappa shape index (κ1) is 15.2. The molecule has 1 N–H and O–H groups in total. The highest BCUT2D eigenvalue weighted by Gasteiger charge is 2.19. The molecule has 0 aliphatic rings. The van der Waals surface area contributed by atoms with Gasteiger partial charge in [-0.1, -0.05) is 32.9 Å². The molecular formula is C15H21NO3. The van der Waals surface area contributed by atoms with Gasteiger partial charge in [-0.05, 0) is 36.0 Å². The zero-order chi connectivity index (χ0) is 14.8. The maximum Gasteiger partial charge on any atom is 0.396 e. The van der Waals surface area contributed by atoms with Crippen LogP contribution in [0.2, 0.25) is 0 Å². The summed E-state index contributed by atoms with van der Waals surface area (Å²) >= 11 is 0. The minimum atomic E-state index is -0.890. The molecule has 0 atom stereocenters. The van der Waals surface area contributed by atoms with Crippen LogP contribution in [-0.4, -0.2) is 19.0 Å². The maximum absolute atomic E-state index is 11.5. The van der Waals surface area contributed by atoms with Gasteiger partial charge in [-0.2, -0.15) is 0 Å². The Bertz CT molecular complexity index is 490. The van der Waals surface area contributed by atoms with E-state index in [1.54, 1.807) is 0 Å². The molecule has 1 rings (SSSR count). The summed E-state index contributed by atoms with van der Waals surface area (Å²) in [6.45, 7) is 10.2. The van der Waals surface area contributed by atoms with Gasteiger partial charge in [0.15, 0.2) is 0 Å². The summed E-state index contributed by atoms with van der Waals surface area (Å²) in [5, 5.41) is 2.59. The Morgan fingerprint density at radius 2 is 1.58 bits per heavy atom. The first-order chi connectivity index (χ1) is 8.66. The van der Waals surface area contributed by atoms with Gasteiger partial charge in [-0.25, -0.2) is 4.79 Å². The van der Waals surface area contributed by atoms with Gasteiger partial charge in [0.1, 0.15) is 0 Å². The Morgan fingerprint density at radius 3 is 1.95 bits per heavy atom. The second-order valence-corrected chi connectivity index (χ2v) is 5.68. The van der Waals surface area contributed by atoms with E-state index >= 15 is 0 Å². The molecule has 1 aromatic carbocycles. The number of methoxy groups -OCH3 is 1. The Labute approximate surface area is 114 Å². The second-order valence-electron chi connectivity index (χ2n) is 5.68. The summed E-state index contributed by atoms with van der Waals surface area (Å²) in [6.07, 6.45) is 0. The van der Waals surface area contributed by atoms with Crippen molar-refractivity contribution in [1.82, 2.24) is 0 Å². The monoisotopic (exact) mass is 263 g/mol. The minimum absolute atomic E-state index is 0.0421. The molecule has 0 unspecified atom stereocenters. The van der Waals surface area contributed by atoms with Crippen LogP contribution in [0.25, 0.3) is 0 Å².